The number of rotatable bonds is 8. The van der Waals surface area contributed by atoms with Crippen molar-refractivity contribution in [2.24, 2.45) is 5.92 Å². The van der Waals surface area contributed by atoms with Gasteiger partial charge in [0.2, 0.25) is 0 Å². The Morgan fingerprint density at radius 1 is 0.667 bits per heavy atom. The quantitative estimate of drug-likeness (QED) is 0.316. The van der Waals surface area contributed by atoms with E-state index in [1.54, 1.807) is 24.3 Å². The fraction of sp³-hybridized carbons (Fsp3) is 0.100. The van der Waals surface area contributed by atoms with Gasteiger partial charge < -0.3 is 9.84 Å². The predicted octanol–water partition coefficient (Wildman–Crippen LogP) is 6.65. The Kier molecular flexibility index (Phi) is 7.47. The second-order valence-electron chi connectivity index (χ2n) is 7.81. The van der Waals surface area contributed by atoms with E-state index in [4.69, 9.17) is 4.74 Å². The maximum absolute atomic E-state index is 13.0. The molecular formula is C30H26O3. The lowest BCUT2D eigenvalue weighted by Gasteiger charge is -2.29. The Balaban J connectivity index is 1.74. The third-order valence-electron chi connectivity index (χ3n) is 5.54. The van der Waals surface area contributed by atoms with E-state index >= 15 is 0 Å². The Labute approximate surface area is 194 Å². The topological polar surface area (TPSA) is 46.5 Å². The summed E-state index contributed by atoms with van der Waals surface area (Å²) in [5, 5.41) is 11.4. The highest BCUT2D eigenvalue weighted by atomic mass is 16.5. The molecule has 0 fully saturated rings. The first kappa shape index (κ1) is 22.3. The first-order chi connectivity index (χ1) is 16.2. The van der Waals surface area contributed by atoms with Gasteiger partial charge >= 0.3 is 5.97 Å². The molecule has 4 aromatic carbocycles. The summed E-state index contributed by atoms with van der Waals surface area (Å²) in [6, 6.07) is 37.8. The molecule has 33 heavy (non-hydrogen) atoms. The fourth-order valence-electron chi connectivity index (χ4n) is 3.80. The van der Waals surface area contributed by atoms with Gasteiger partial charge in [0.15, 0.2) is 0 Å². The highest BCUT2D eigenvalue weighted by molar-refractivity contribution is 5.89. The molecular weight excluding hydrogens is 408 g/mol. The molecule has 0 heterocycles. The third kappa shape index (κ3) is 5.85. The zero-order valence-corrected chi connectivity index (χ0v) is 18.2. The lowest BCUT2D eigenvalue weighted by molar-refractivity contribution is -0.00675. The van der Waals surface area contributed by atoms with Crippen molar-refractivity contribution in [3.05, 3.63) is 150 Å². The summed E-state index contributed by atoms with van der Waals surface area (Å²) in [7, 11) is 0. The van der Waals surface area contributed by atoms with Crippen molar-refractivity contribution in [1.29, 1.82) is 0 Å². The number of benzene rings is 4. The minimum Gasteiger partial charge on any atom is -0.453 e. The van der Waals surface area contributed by atoms with Crippen molar-refractivity contribution in [2.75, 3.05) is 0 Å². The van der Waals surface area contributed by atoms with Crippen molar-refractivity contribution >= 4 is 12.0 Å². The SMILES string of the molecule is O=C(O[C@@H](c1ccccc1)[C@H](/C=C/c1ccccc1)[C@H](O)c1ccccc1)c1ccccc1. The summed E-state index contributed by atoms with van der Waals surface area (Å²) in [4.78, 5) is 13.0. The van der Waals surface area contributed by atoms with E-state index in [9.17, 15) is 9.90 Å². The van der Waals surface area contributed by atoms with Crippen LogP contribution in [0, 0.1) is 5.92 Å². The molecule has 0 aliphatic carbocycles. The van der Waals surface area contributed by atoms with Crippen LogP contribution in [0.5, 0.6) is 0 Å². The molecule has 3 atom stereocenters. The zero-order chi connectivity index (χ0) is 22.9. The molecule has 0 amide bonds. The molecule has 1 N–H and O–H groups in total. The molecule has 0 aromatic heterocycles. The van der Waals surface area contributed by atoms with E-state index in [0.717, 1.165) is 16.7 Å². The van der Waals surface area contributed by atoms with Crippen molar-refractivity contribution in [1.82, 2.24) is 0 Å². The number of aliphatic hydroxyl groups excluding tert-OH is 1. The highest BCUT2D eigenvalue weighted by Gasteiger charge is 2.32. The van der Waals surface area contributed by atoms with Crippen LogP contribution in [-0.2, 0) is 4.74 Å². The number of ether oxygens (including phenoxy) is 1. The molecule has 0 unspecified atom stereocenters. The predicted molar refractivity (Wildman–Crippen MR) is 131 cm³/mol. The standard InChI is InChI=1S/C30H26O3/c31-28(24-15-7-2-8-16-24)27(22-21-23-13-5-1-6-14-23)29(25-17-9-3-10-18-25)33-30(32)26-19-11-4-12-20-26/h1-22,27-29,31H/b22-21+/t27-,28-,29+/m1/s1. The molecule has 4 aromatic rings. The summed E-state index contributed by atoms with van der Waals surface area (Å²) < 4.78 is 6.07. The minimum absolute atomic E-state index is 0.428. The summed E-state index contributed by atoms with van der Waals surface area (Å²) in [5.74, 6) is -0.939. The molecule has 0 aliphatic rings. The zero-order valence-electron chi connectivity index (χ0n) is 18.2. The minimum atomic E-state index is -0.875. The Morgan fingerprint density at radius 3 is 1.73 bits per heavy atom. The summed E-state index contributed by atoms with van der Waals surface area (Å²) in [5.41, 5.74) is 3.05. The largest absolute Gasteiger partial charge is 0.453 e. The van der Waals surface area contributed by atoms with Crippen LogP contribution in [0.1, 0.15) is 39.3 Å². The normalized spacial score (nSPS) is 13.8. The number of hydrogen-bond acceptors (Lipinski definition) is 3. The average Bonchev–Trinajstić information content (AvgIpc) is 2.90. The molecule has 0 saturated heterocycles. The number of aliphatic hydroxyl groups is 1. The summed E-state index contributed by atoms with van der Waals surface area (Å²) >= 11 is 0. The van der Waals surface area contributed by atoms with Crippen LogP contribution in [0.25, 0.3) is 6.08 Å². The lowest BCUT2D eigenvalue weighted by atomic mass is 9.86. The number of carbonyl (C=O) groups is 1. The summed E-state index contributed by atoms with van der Waals surface area (Å²) in [6.07, 6.45) is 2.33. The Morgan fingerprint density at radius 2 is 1.15 bits per heavy atom. The summed E-state index contributed by atoms with van der Waals surface area (Å²) in [6.45, 7) is 0. The number of hydrogen-bond donors (Lipinski definition) is 1. The maximum atomic E-state index is 13.0. The Bertz CT molecular complexity index is 1160. The fourth-order valence-corrected chi connectivity index (χ4v) is 3.80. The van der Waals surface area contributed by atoms with E-state index in [2.05, 4.69) is 0 Å². The van der Waals surface area contributed by atoms with Crippen LogP contribution in [-0.4, -0.2) is 11.1 Å². The van der Waals surface area contributed by atoms with Gasteiger partial charge in [0.05, 0.1) is 11.7 Å². The van der Waals surface area contributed by atoms with E-state index < -0.39 is 24.1 Å². The van der Waals surface area contributed by atoms with Gasteiger partial charge in [0, 0.05) is 5.92 Å². The molecule has 0 aliphatic heterocycles. The van der Waals surface area contributed by atoms with Crippen LogP contribution >= 0.6 is 0 Å². The van der Waals surface area contributed by atoms with Crippen molar-refractivity contribution in [2.45, 2.75) is 12.2 Å². The van der Waals surface area contributed by atoms with Crippen molar-refractivity contribution in [3.8, 4) is 0 Å². The van der Waals surface area contributed by atoms with E-state index in [1.165, 1.54) is 0 Å². The molecule has 3 heteroatoms. The van der Waals surface area contributed by atoms with Crippen LogP contribution < -0.4 is 0 Å². The Hall–Kier alpha value is -3.95. The average molecular weight is 435 g/mol. The second-order valence-corrected chi connectivity index (χ2v) is 7.81. The monoisotopic (exact) mass is 434 g/mol. The van der Waals surface area contributed by atoms with Crippen LogP contribution in [0.2, 0.25) is 0 Å². The molecule has 164 valence electrons. The smallest absolute Gasteiger partial charge is 0.338 e. The van der Waals surface area contributed by atoms with Crippen molar-refractivity contribution in [3.63, 3.8) is 0 Å². The molecule has 0 spiro atoms. The first-order valence-electron chi connectivity index (χ1n) is 11.0. The highest BCUT2D eigenvalue weighted by Crippen LogP contribution is 2.37. The van der Waals surface area contributed by atoms with Crippen LogP contribution in [0.15, 0.2) is 127 Å². The maximum Gasteiger partial charge on any atom is 0.338 e. The van der Waals surface area contributed by atoms with Gasteiger partial charge in [-0.25, -0.2) is 4.79 Å². The molecule has 0 saturated carbocycles. The van der Waals surface area contributed by atoms with Crippen LogP contribution in [0.3, 0.4) is 0 Å². The van der Waals surface area contributed by atoms with E-state index in [1.807, 2.05) is 109 Å². The van der Waals surface area contributed by atoms with Gasteiger partial charge in [-0.3, -0.25) is 0 Å². The van der Waals surface area contributed by atoms with Gasteiger partial charge in [-0.2, -0.15) is 0 Å². The van der Waals surface area contributed by atoms with Gasteiger partial charge in [-0.1, -0.05) is 121 Å². The number of carbonyl (C=O) groups excluding carboxylic acids is 1. The van der Waals surface area contributed by atoms with Gasteiger partial charge in [0.1, 0.15) is 6.10 Å². The van der Waals surface area contributed by atoms with E-state index in [0.29, 0.717) is 5.56 Å². The molecule has 0 bridgehead atoms. The lowest BCUT2D eigenvalue weighted by Crippen LogP contribution is -2.24. The first-order valence-corrected chi connectivity index (χ1v) is 11.0. The molecule has 3 nitrogen and oxygen atoms in total. The van der Waals surface area contributed by atoms with E-state index in [-0.39, 0.29) is 0 Å². The van der Waals surface area contributed by atoms with Gasteiger partial charge in [0.25, 0.3) is 0 Å². The van der Waals surface area contributed by atoms with Crippen molar-refractivity contribution < 1.29 is 14.6 Å². The van der Waals surface area contributed by atoms with Gasteiger partial charge in [-0.15, -0.1) is 0 Å². The second kappa shape index (κ2) is 11.1. The molecule has 4 rings (SSSR count). The molecule has 0 radical (unpaired) electrons. The third-order valence-corrected chi connectivity index (χ3v) is 5.54. The van der Waals surface area contributed by atoms with Gasteiger partial charge in [-0.05, 0) is 28.8 Å². The number of esters is 1. The van der Waals surface area contributed by atoms with Crippen LogP contribution in [0.4, 0.5) is 0 Å².